The van der Waals surface area contributed by atoms with Crippen molar-refractivity contribution in [1.82, 2.24) is 10.2 Å². The van der Waals surface area contributed by atoms with E-state index in [-0.39, 0.29) is 6.04 Å². The molecule has 1 rings (SSSR count). The third-order valence-electron chi connectivity index (χ3n) is 3.30. The van der Waals surface area contributed by atoms with Crippen LogP contribution in [0, 0.1) is 0 Å². The third-order valence-corrected chi connectivity index (χ3v) is 5.07. The van der Waals surface area contributed by atoms with Crippen molar-refractivity contribution in [2.45, 2.75) is 38.6 Å². The second-order valence-corrected chi connectivity index (χ2v) is 7.29. The summed E-state index contributed by atoms with van der Waals surface area (Å²) in [6.45, 7) is 5.24. The highest BCUT2D eigenvalue weighted by Crippen LogP contribution is 2.10. The van der Waals surface area contributed by atoms with Crippen molar-refractivity contribution in [2.75, 3.05) is 38.2 Å². The lowest BCUT2D eigenvalue weighted by atomic mass is 10.2. The summed E-state index contributed by atoms with van der Waals surface area (Å²) in [5.41, 5.74) is 0. The smallest absolute Gasteiger partial charge is 0.151 e. The van der Waals surface area contributed by atoms with Gasteiger partial charge in [0.1, 0.15) is 0 Å². The molecule has 102 valence electrons. The van der Waals surface area contributed by atoms with Gasteiger partial charge in [0.25, 0.3) is 0 Å². The van der Waals surface area contributed by atoms with Gasteiger partial charge in [-0.25, -0.2) is 8.42 Å². The largest absolute Gasteiger partial charge is 0.312 e. The molecule has 5 heteroatoms. The average molecular weight is 262 g/mol. The molecule has 1 unspecified atom stereocenters. The van der Waals surface area contributed by atoms with E-state index in [0.29, 0.717) is 11.5 Å². The molecular weight excluding hydrogens is 236 g/mol. The van der Waals surface area contributed by atoms with Crippen LogP contribution in [0.25, 0.3) is 0 Å². The molecule has 0 saturated carbocycles. The zero-order chi connectivity index (χ0) is 12.7. The highest BCUT2D eigenvalue weighted by molar-refractivity contribution is 7.91. The predicted molar refractivity (Wildman–Crippen MR) is 72.1 cm³/mol. The van der Waals surface area contributed by atoms with Gasteiger partial charge in [-0.2, -0.15) is 0 Å². The van der Waals surface area contributed by atoms with Gasteiger partial charge in [-0.05, 0) is 26.4 Å². The first-order valence-corrected chi connectivity index (χ1v) is 8.48. The number of hydrogen-bond acceptors (Lipinski definition) is 4. The van der Waals surface area contributed by atoms with Crippen molar-refractivity contribution in [3.63, 3.8) is 0 Å². The van der Waals surface area contributed by atoms with E-state index in [0.717, 1.165) is 26.1 Å². The maximum absolute atomic E-state index is 11.3. The van der Waals surface area contributed by atoms with E-state index in [1.54, 1.807) is 0 Å². The summed E-state index contributed by atoms with van der Waals surface area (Å²) in [6.07, 6.45) is 4.58. The van der Waals surface area contributed by atoms with Gasteiger partial charge in [-0.1, -0.05) is 19.8 Å². The van der Waals surface area contributed by atoms with Gasteiger partial charge in [0.2, 0.25) is 0 Å². The van der Waals surface area contributed by atoms with Crippen molar-refractivity contribution >= 4 is 9.84 Å². The number of nitrogens with one attached hydrogen (secondary N) is 1. The number of sulfone groups is 1. The molecule has 1 aliphatic rings. The van der Waals surface area contributed by atoms with Crippen LogP contribution >= 0.6 is 0 Å². The number of hydrogen-bond donors (Lipinski definition) is 1. The number of likely N-dealkylation sites (N-methyl/N-ethyl adjacent to an activating group) is 1. The molecule has 17 heavy (non-hydrogen) atoms. The normalized spacial score (nSPS) is 23.4. The Morgan fingerprint density at radius 2 is 2.06 bits per heavy atom. The lowest BCUT2D eigenvalue weighted by molar-refractivity contribution is 0.318. The van der Waals surface area contributed by atoms with Gasteiger partial charge in [-0.15, -0.1) is 0 Å². The maximum atomic E-state index is 11.3. The van der Waals surface area contributed by atoms with Gasteiger partial charge >= 0.3 is 0 Å². The van der Waals surface area contributed by atoms with E-state index in [1.165, 1.54) is 19.3 Å². The second-order valence-electron chi connectivity index (χ2n) is 5.06. The molecule has 0 radical (unpaired) electrons. The Hall–Kier alpha value is -0.130. The minimum atomic E-state index is -2.74. The lowest BCUT2D eigenvalue weighted by Gasteiger charge is -2.18. The van der Waals surface area contributed by atoms with Crippen molar-refractivity contribution in [1.29, 1.82) is 0 Å². The monoisotopic (exact) mass is 262 g/mol. The van der Waals surface area contributed by atoms with E-state index < -0.39 is 9.84 Å². The minimum Gasteiger partial charge on any atom is -0.312 e. The third kappa shape index (κ3) is 6.38. The van der Waals surface area contributed by atoms with Crippen molar-refractivity contribution in [3.05, 3.63) is 0 Å². The fourth-order valence-corrected chi connectivity index (χ4v) is 3.87. The van der Waals surface area contributed by atoms with Crippen LogP contribution in [0.4, 0.5) is 0 Å². The zero-order valence-corrected chi connectivity index (χ0v) is 11.9. The molecule has 0 aromatic heterocycles. The van der Waals surface area contributed by atoms with E-state index in [9.17, 15) is 8.42 Å². The van der Waals surface area contributed by atoms with E-state index in [4.69, 9.17) is 0 Å². The predicted octanol–water partition coefficient (Wildman–Crippen LogP) is 0.885. The summed E-state index contributed by atoms with van der Waals surface area (Å²) < 4.78 is 22.5. The Kier molecular flexibility index (Phi) is 6.44. The molecule has 1 heterocycles. The molecule has 0 bridgehead atoms. The molecule has 1 atom stereocenters. The van der Waals surface area contributed by atoms with Crippen LogP contribution in [0.1, 0.15) is 32.6 Å². The lowest BCUT2D eigenvalue weighted by Crippen LogP contribution is -2.36. The fraction of sp³-hybridized carbons (Fsp3) is 1.00. The molecule has 1 fully saturated rings. The topological polar surface area (TPSA) is 49.4 Å². The van der Waals surface area contributed by atoms with Gasteiger partial charge in [0.15, 0.2) is 9.84 Å². The number of nitrogens with zero attached hydrogens (tertiary/aromatic N) is 1. The van der Waals surface area contributed by atoms with Crippen molar-refractivity contribution in [2.24, 2.45) is 0 Å². The molecular formula is C12H26N2O2S. The van der Waals surface area contributed by atoms with E-state index in [2.05, 4.69) is 24.2 Å². The van der Waals surface area contributed by atoms with E-state index in [1.807, 2.05) is 0 Å². The first kappa shape index (κ1) is 14.9. The van der Waals surface area contributed by atoms with Gasteiger partial charge < -0.3 is 10.2 Å². The Bertz CT molecular complexity index is 304. The first-order chi connectivity index (χ1) is 8.03. The molecule has 1 aliphatic heterocycles. The Morgan fingerprint density at radius 3 is 2.65 bits per heavy atom. The van der Waals surface area contributed by atoms with Crippen LogP contribution in [0.2, 0.25) is 0 Å². The van der Waals surface area contributed by atoms with Crippen LogP contribution < -0.4 is 5.32 Å². The van der Waals surface area contributed by atoms with E-state index >= 15 is 0 Å². The summed E-state index contributed by atoms with van der Waals surface area (Å²) in [4.78, 5) is 2.31. The summed E-state index contributed by atoms with van der Waals surface area (Å²) in [6, 6.07) is 0.184. The van der Waals surface area contributed by atoms with Crippen LogP contribution in [-0.4, -0.2) is 57.5 Å². The molecule has 0 aliphatic carbocycles. The van der Waals surface area contributed by atoms with Gasteiger partial charge in [0.05, 0.1) is 11.5 Å². The summed E-state index contributed by atoms with van der Waals surface area (Å²) in [7, 11) is -0.612. The van der Waals surface area contributed by atoms with Crippen LogP contribution in [-0.2, 0) is 9.84 Å². The molecule has 4 nitrogen and oxygen atoms in total. The number of unbranched alkanes of at least 4 members (excludes halogenated alkanes) is 2. The van der Waals surface area contributed by atoms with Gasteiger partial charge in [0, 0.05) is 19.1 Å². The quantitative estimate of drug-likeness (QED) is 0.660. The SMILES string of the molecule is CCCCCN(C)CCNC1CCS(=O)(=O)C1. The summed E-state index contributed by atoms with van der Waals surface area (Å²) >= 11 is 0. The summed E-state index contributed by atoms with van der Waals surface area (Å²) in [5, 5.41) is 3.34. The molecule has 1 saturated heterocycles. The van der Waals surface area contributed by atoms with Crippen LogP contribution in [0.15, 0.2) is 0 Å². The standard InChI is InChI=1S/C12H26N2O2S/c1-3-4-5-8-14(2)9-7-13-12-6-10-17(15,16)11-12/h12-13H,3-11H2,1-2H3. The zero-order valence-electron chi connectivity index (χ0n) is 11.1. The van der Waals surface area contributed by atoms with Crippen LogP contribution in [0.3, 0.4) is 0 Å². The fourth-order valence-electron chi connectivity index (χ4n) is 2.16. The molecule has 0 amide bonds. The van der Waals surface area contributed by atoms with Crippen molar-refractivity contribution in [3.8, 4) is 0 Å². The van der Waals surface area contributed by atoms with Crippen LogP contribution in [0.5, 0.6) is 0 Å². The molecule has 0 aromatic carbocycles. The Morgan fingerprint density at radius 1 is 1.29 bits per heavy atom. The second kappa shape index (κ2) is 7.34. The average Bonchev–Trinajstić information content (AvgIpc) is 2.59. The molecule has 0 aromatic rings. The summed E-state index contributed by atoms with van der Waals surface area (Å²) in [5.74, 6) is 0.684. The van der Waals surface area contributed by atoms with Crippen molar-refractivity contribution < 1.29 is 8.42 Å². The maximum Gasteiger partial charge on any atom is 0.151 e. The minimum absolute atomic E-state index is 0.184. The highest BCUT2D eigenvalue weighted by atomic mass is 32.2. The molecule has 0 spiro atoms. The Labute approximate surface area is 106 Å². The molecule has 1 N–H and O–H groups in total. The number of rotatable bonds is 8. The van der Waals surface area contributed by atoms with Gasteiger partial charge in [-0.3, -0.25) is 0 Å². The first-order valence-electron chi connectivity index (χ1n) is 6.66. The Balaban J connectivity index is 2.04. The highest BCUT2D eigenvalue weighted by Gasteiger charge is 2.26.